The predicted octanol–water partition coefficient (Wildman–Crippen LogP) is 3.55. The van der Waals surface area contributed by atoms with Crippen LogP contribution in [-0.2, 0) is 4.79 Å². The van der Waals surface area contributed by atoms with Gasteiger partial charge in [-0.3, -0.25) is 4.79 Å². The highest BCUT2D eigenvalue weighted by Crippen LogP contribution is 2.37. The van der Waals surface area contributed by atoms with Crippen molar-refractivity contribution in [2.45, 2.75) is 0 Å². The number of aromatic hydroxyl groups is 1. The standard InChI is InChI=1S/C16H12ClNO3/c1-21-14-8-9(7-12(17)15(14)19)6-11-10-4-2-3-5-13(10)18-16(11)20/h2-8,19H,1H3,(H,18,20)/b11-6-. The number of phenolic OH excluding ortho intramolecular Hbond substituents is 1. The molecule has 0 aromatic heterocycles. The van der Waals surface area contributed by atoms with Crippen LogP contribution < -0.4 is 10.1 Å². The molecular formula is C16H12ClNO3. The number of hydrogen-bond donors (Lipinski definition) is 2. The number of rotatable bonds is 2. The van der Waals surface area contributed by atoms with Crippen LogP contribution >= 0.6 is 11.6 Å². The minimum Gasteiger partial charge on any atom is -0.503 e. The SMILES string of the molecule is COc1cc(/C=C2\C(=O)Nc3ccccc32)cc(Cl)c1O. The van der Waals surface area contributed by atoms with E-state index in [1.807, 2.05) is 24.3 Å². The van der Waals surface area contributed by atoms with Gasteiger partial charge in [-0.05, 0) is 29.8 Å². The molecule has 1 heterocycles. The summed E-state index contributed by atoms with van der Waals surface area (Å²) in [4.78, 5) is 12.0. The maximum absolute atomic E-state index is 12.0. The van der Waals surface area contributed by atoms with Crippen LogP contribution in [0.2, 0.25) is 5.02 Å². The van der Waals surface area contributed by atoms with Crippen LogP contribution in [0, 0.1) is 0 Å². The van der Waals surface area contributed by atoms with Gasteiger partial charge in [-0.25, -0.2) is 0 Å². The van der Waals surface area contributed by atoms with Gasteiger partial charge in [0.05, 0.1) is 12.1 Å². The lowest BCUT2D eigenvalue weighted by atomic mass is 10.0. The Morgan fingerprint density at radius 2 is 2.05 bits per heavy atom. The van der Waals surface area contributed by atoms with Crippen LogP contribution in [0.15, 0.2) is 36.4 Å². The van der Waals surface area contributed by atoms with E-state index in [4.69, 9.17) is 16.3 Å². The van der Waals surface area contributed by atoms with Gasteiger partial charge in [0, 0.05) is 16.8 Å². The quantitative estimate of drug-likeness (QED) is 0.834. The third-order valence-electron chi connectivity index (χ3n) is 3.29. The monoisotopic (exact) mass is 301 g/mol. The summed E-state index contributed by atoms with van der Waals surface area (Å²) in [6, 6.07) is 10.7. The highest BCUT2D eigenvalue weighted by Gasteiger charge is 2.23. The molecule has 0 aliphatic carbocycles. The first-order chi connectivity index (χ1) is 10.1. The second-order valence-corrected chi connectivity index (χ2v) is 5.02. The first-order valence-electron chi connectivity index (χ1n) is 6.29. The number of amides is 1. The van der Waals surface area contributed by atoms with Crippen molar-refractivity contribution in [1.82, 2.24) is 0 Å². The molecule has 3 rings (SSSR count). The Morgan fingerprint density at radius 3 is 2.81 bits per heavy atom. The van der Waals surface area contributed by atoms with Crippen LogP contribution in [0.4, 0.5) is 5.69 Å². The van der Waals surface area contributed by atoms with Crippen molar-refractivity contribution in [3.05, 3.63) is 52.5 Å². The van der Waals surface area contributed by atoms with E-state index in [9.17, 15) is 9.90 Å². The van der Waals surface area contributed by atoms with Gasteiger partial charge < -0.3 is 15.2 Å². The lowest BCUT2D eigenvalue weighted by molar-refractivity contribution is -0.110. The molecule has 2 N–H and O–H groups in total. The summed E-state index contributed by atoms with van der Waals surface area (Å²) < 4.78 is 5.06. The van der Waals surface area contributed by atoms with Gasteiger partial charge in [0.1, 0.15) is 0 Å². The molecule has 4 nitrogen and oxygen atoms in total. The fraction of sp³-hybridized carbons (Fsp3) is 0.0625. The highest BCUT2D eigenvalue weighted by atomic mass is 35.5. The summed E-state index contributed by atoms with van der Waals surface area (Å²) in [6.07, 6.45) is 1.72. The van der Waals surface area contributed by atoms with Crippen LogP contribution in [0.1, 0.15) is 11.1 Å². The van der Waals surface area contributed by atoms with E-state index in [0.717, 1.165) is 11.3 Å². The van der Waals surface area contributed by atoms with Crippen LogP contribution in [0.3, 0.4) is 0 Å². The number of hydrogen-bond acceptors (Lipinski definition) is 3. The molecule has 21 heavy (non-hydrogen) atoms. The lowest BCUT2D eigenvalue weighted by Gasteiger charge is -2.07. The summed E-state index contributed by atoms with van der Waals surface area (Å²) in [7, 11) is 1.44. The maximum atomic E-state index is 12.0. The molecule has 0 saturated carbocycles. The first-order valence-corrected chi connectivity index (χ1v) is 6.67. The van der Waals surface area contributed by atoms with Gasteiger partial charge >= 0.3 is 0 Å². The van der Waals surface area contributed by atoms with Crippen molar-refractivity contribution < 1.29 is 14.6 Å². The van der Waals surface area contributed by atoms with Crippen molar-refractivity contribution in [2.75, 3.05) is 12.4 Å². The van der Waals surface area contributed by atoms with E-state index in [1.54, 1.807) is 18.2 Å². The van der Waals surface area contributed by atoms with Crippen molar-refractivity contribution in [2.24, 2.45) is 0 Å². The Labute approximate surface area is 126 Å². The van der Waals surface area contributed by atoms with Crippen LogP contribution in [0.5, 0.6) is 11.5 Å². The fourth-order valence-corrected chi connectivity index (χ4v) is 2.50. The van der Waals surface area contributed by atoms with Crippen LogP contribution in [0.25, 0.3) is 11.6 Å². The van der Waals surface area contributed by atoms with E-state index >= 15 is 0 Å². The van der Waals surface area contributed by atoms with Crippen molar-refractivity contribution in [3.8, 4) is 11.5 Å². The number of fused-ring (bicyclic) bond motifs is 1. The summed E-state index contributed by atoms with van der Waals surface area (Å²) in [5.74, 6) is -0.0157. The maximum Gasteiger partial charge on any atom is 0.256 e. The minimum atomic E-state index is -0.167. The topological polar surface area (TPSA) is 58.6 Å². The van der Waals surface area contributed by atoms with E-state index in [1.165, 1.54) is 7.11 Å². The molecule has 0 spiro atoms. The molecule has 0 bridgehead atoms. The molecule has 106 valence electrons. The number of nitrogens with one attached hydrogen (secondary N) is 1. The summed E-state index contributed by atoms with van der Waals surface area (Å²) in [5, 5.41) is 12.7. The van der Waals surface area contributed by atoms with E-state index in [-0.39, 0.29) is 22.4 Å². The fourth-order valence-electron chi connectivity index (χ4n) is 2.28. The van der Waals surface area contributed by atoms with Gasteiger partial charge in [-0.1, -0.05) is 29.8 Å². The van der Waals surface area contributed by atoms with Gasteiger partial charge in [0.15, 0.2) is 11.5 Å². The molecule has 0 atom stereocenters. The third kappa shape index (κ3) is 2.34. The second kappa shape index (κ2) is 5.14. The zero-order valence-electron chi connectivity index (χ0n) is 11.2. The number of anilines is 1. The average Bonchev–Trinajstić information content (AvgIpc) is 2.79. The van der Waals surface area contributed by atoms with Gasteiger partial charge in [0.25, 0.3) is 5.91 Å². The van der Waals surface area contributed by atoms with Gasteiger partial charge in [0.2, 0.25) is 0 Å². The molecule has 5 heteroatoms. The molecule has 0 unspecified atom stereocenters. The number of para-hydroxylation sites is 1. The Morgan fingerprint density at radius 1 is 1.29 bits per heavy atom. The molecule has 0 radical (unpaired) electrons. The number of methoxy groups -OCH3 is 1. The normalized spacial score (nSPS) is 15.0. The molecule has 0 fully saturated rings. The molecule has 1 amide bonds. The Bertz CT molecular complexity index is 768. The Hall–Kier alpha value is -2.46. The van der Waals surface area contributed by atoms with Crippen LogP contribution in [-0.4, -0.2) is 18.1 Å². The van der Waals surface area contributed by atoms with E-state index < -0.39 is 0 Å². The second-order valence-electron chi connectivity index (χ2n) is 4.61. The third-order valence-corrected chi connectivity index (χ3v) is 3.58. The Kier molecular flexibility index (Phi) is 3.31. The number of carbonyl (C=O) groups excluding carboxylic acids is 1. The Balaban J connectivity index is 2.11. The molecular weight excluding hydrogens is 290 g/mol. The largest absolute Gasteiger partial charge is 0.503 e. The minimum absolute atomic E-state index is 0.113. The number of phenols is 1. The molecule has 1 aliphatic heterocycles. The average molecular weight is 302 g/mol. The van der Waals surface area contributed by atoms with Crippen molar-refractivity contribution >= 4 is 34.8 Å². The molecule has 0 saturated heterocycles. The summed E-state index contributed by atoms with van der Waals surface area (Å²) in [5.41, 5.74) is 2.85. The highest BCUT2D eigenvalue weighted by molar-refractivity contribution is 6.35. The van der Waals surface area contributed by atoms with Gasteiger partial charge in [-0.15, -0.1) is 0 Å². The molecule has 2 aromatic rings. The zero-order valence-corrected chi connectivity index (χ0v) is 11.9. The number of ether oxygens (including phenoxy) is 1. The smallest absolute Gasteiger partial charge is 0.256 e. The summed E-state index contributed by atoms with van der Waals surface area (Å²) in [6.45, 7) is 0. The van der Waals surface area contributed by atoms with E-state index in [2.05, 4.69) is 5.32 Å². The number of carbonyl (C=O) groups is 1. The van der Waals surface area contributed by atoms with Gasteiger partial charge in [-0.2, -0.15) is 0 Å². The zero-order chi connectivity index (χ0) is 15.0. The lowest BCUT2D eigenvalue weighted by Crippen LogP contribution is -2.03. The summed E-state index contributed by atoms with van der Waals surface area (Å²) >= 11 is 5.96. The number of halogens is 1. The predicted molar refractivity (Wildman–Crippen MR) is 82.6 cm³/mol. The molecule has 2 aromatic carbocycles. The van der Waals surface area contributed by atoms with Crippen molar-refractivity contribution in [3.63, 3.8) is 0 Å². The van der Waals surface area contributed by atoms with Crippen molar-refractivity contribution in [1.29, 1.82) is 0 Å². The number of benzene rings is 2. The molecule has 1 aliphatic rings. The first kappa shape index (κ1) is 13.5. The van der Waals surface area contributed by atoms with E-state index in [0.29, 0.717) is 11.1 Å².